The highest BCUT2D eigenvalue weighted by Gasteiger charge is 2.13. The summed E-state index contributed by atoms with van der Waals surface area (Å²) in [7, 11) is 0. The maximum atomic E-state index is 10.6. The summed E-state index contributed by atoms with van der Waals surface area (Å²) in [5.41, 5.74) is 0.697. The molecule has 0 atom stereocenters. The van der Waals surface area contributed by atoms with Crippen molar-refractivity contribution in [1.29, 1.82) is 0 Å². The number of nitrogens with zero attached hydrogens (tertiary/aromatic N) is 2. The Morgan fingerprint density at radius 2 is 2.33 bits per heavy atom. The van der Waals surface area contributed by atoms with Crippen molar-refractivity contribution in [3.05, 3.63) is 33.8 Å². The highest BCUT2D eigenvalue weighted by molar-refractivity contribution is 9.10. The zero-order valence-corrected chi connectivity index (χ0v) is 9.79. The summed E-state index contributed by atoms with van der Waals surface area (Å²) in [5, 5.41) is 9.03. The van der Waals surface area contributed by atoms with Gasteiger partial charge in [0, 0.05) is 0 Å². The van der Waals surface area contributed by atoms with E-state index in [0.29, 0.717) is 16.5 Å². The molecule has 2 aromatic rings. The minimum absolute atomic E-state index is 0.156. The second-order valence-corrected chi connectivity index (χ2v) is 4.13. The number of hydrogen-bond donors (Lipinski definition) is 1. The monoisotopic (exact) mass is 288 g/mol. The van der Waals surface area contributed by atoms with E-state index in [0.717, 1.165) is 4.60 Å². The van der Waals surface area contributed by atoms with Crippen LogP contribution in [-0.2, 0) is 11.2 Å². The average Bonchev–Trinajstić information content (AvgIpc) is 2.44. The standard InChI is InChI=1S/C9H6BrClN2O2/c10-6-3-1-2-5-9(11)12-7(13(5)6)4-8(14)15/h1-3H,4H2,(H,14,15). The number of halogens is 2. The zero-order chi connectivity index (χ0) is 11.0. The Bertz CT molecular complexity index is 538. The van der Waals surface area contributed by atoms with E-state index in [1.807, 2.05) is 6.07 Å². The van der Waals surface area contributed by atoms with Crippen LogP contribution in [0, 0.1) is 0 Å². The van der Waals surface area contributed by atoms with Crippen LogP contribution >= 0.6 is 27.5 Å². The molecule has 15 heavy (non-hydrogen) atoms. The van der Waals surface area contributed by atoms with Gasteiger partial charge >= 0.3 is 5.97 Å². The minimum Gasteiger partial charge on any atom is -0.481 e. The number of aliphatic carboxylic acids is 1. The summed E-state index contributed by atoms with van der Waals surface area (Å²) < 4.78 is 2.41. The molecule has 0 aliphatic carbocycles. The highest BCUT2D eigenvalue weighted by atomic mass is 79.9. The Morgan fingerprint density at radius 3 is 3.00 bits per heavy atom. The number of imidazole rings is 1. The van der Waals surface area contributed by atoms with E-state index in [1.165, 1.54) is 0 Å². The molecule has 2 rings (SSSR count). The third-order valence-corrected chi connectivity index (χ3v) is 2.85. The van der Waals surface area contributed by atoms with Gasteiger partial charge in [-0.1, -0.05) is 17.7 Å². The Balaban J connectivity index is 2.70. The summed E-state index contributed by atoms with van der Waals surface area (Å²) in [6, 6.07) is 5.40. The van der Waals surface area contributed by atoms with E-state index >= 15 is 0 Å². The Kier molecular flexibility index (Phi) is 2.67. The number of carboxylic acids is 1. The second-order valence-electron chi connectivity index (χ2n) is 2.96. The summed E-state index contributed by atoms with van der Waals surface area (Å²) in [6.45, 7) is 0. The fourth-order valence-corrected chi connectivity index (χ4v) is 2.17. The minimum atomic E-state index is -0.936. The van der Waals surface area contributed by atoms with Gasteiger partial charge in [0.1, 0.15) is 12.2 Å². The van der Waals surface area contributed by atoms with Crippen molar-refractivity contribution in [2.24, 2.45) is 0 Å². The molecule has 0 radical (unpaired) electrons. The lowest BCUT2D eigenvalue weighted by molar-refractivity contribution is -0.136. The van der Waals surface area contributed by atoms with Crippen LogP contribution in [0.25, 0.3) is 5.52 Å². The summed E-state index contributed by atoms with van der Waals surface area (Å²) in [5.74, 6) is -0.524. The van der Waals surface area contributed by atoms with Gasteiger partial charge in [-0.15, -0.1) is 0 Å². The lowest BCUT2D eigenvalue weighted by atomic mass is 10.4. The van der Waals surface area contributed by atoms with Crippen molar-refractivity contribution >= 4 is 39.0 Å². The predicted octanol–water partition coefficient (Wildman–Crippen LogP) is 2.38. The number of carboxylic acid groups (broad SMARTS) is 1. The van der Waals surface area contributed by atoms with Gasteiger partial charge in [-0.2, -0.15) is 0 Å². The normalized spacial score (nSPS) is 10.8. The molecule has 0 saturated heterocycles. The fourth-order valence-electron chi connectivity index (χ4n) is 1.38. The fraction of sp³-hybridized carbons (Fsp3) is 0.111. The van der Waals surface area contributed by atoms with Crippen LogP contribution in [0.5, 0.6) is 0 Å². The van der Waals surface area contributed by atoms with Crippen molar-refractivity contribution in [3.63, 3.8) is 0 Å². The zero-order valence-electron chi connectivity index (χ0n) is 7.44. The Labute approximate surface area is 98.6 Å². The van der Waals surface area contributed by atoms with E-state index < -0.39 is 5.97 Å². The lowest BCUT2D eigenvalue weighted by Crippen LogP contribution is -2.05. The molecule has 0 fully saturated rings. The molecule has 0 aliphatic rings. The van der Waals surface area contributed by atoms with Gasteiger partial charge in [-0.25, -0.2) is 4.98 Å². The van der Waals surface area contributed by atoms with Gasteiger partial charge in [-0.05, 0) is 28.1 Å². The molecule has 6 heteroatoms. The van der Waals surface area contributed by atoms with Gasteiger partial charge in [0.25, 0.3) is 0 Å². The number of carbonyl (C=O) groups is 1. The molecule has 0 spiro atoms. The quantitative estimate of drug-likeness (QED) is 0.864. The Hall–Kier alpha value is -1.07. The summed E-state index contributed by atoms with van der Waals surface area (Å²) >= 11 is 9.21. The van der Waals surface area contributed by atoms with Gasteiger partial charge in [0.15, 0.2) is 5.15 Å². The van der Waals surface area contributed by atoms with Crippen LogP contribution in [0.4, 0.5) is 0 Å². The maximum Gasteiger partial charge on any atom is 0.311 e. The van der Waals surface area contributed by atoms with Gasteiger partial charge < -0.3 is 5.11 Å². The second kappa shape index (κ2) is 3.83. The molecule has 2 aromatic heterocycles. The number of aromatic nitrogens is 2. The highest BCUT2D eigenvalue weighted by Crippen LogP contribution is 2.23. The molecule has 0 amide bonds. The molecule has 78 valence electrons. The number of fused-ring (bicyclic) bond motifs is 1. The van der Waals surface area contributed by atoms with Crippen LogP contribution < -0.4 is 0 Å². The molecule has 0 saturated carbocycles. The van der Waals surface area contributed by atoms with Gasteiger partial charge in [-0.3, -0.25) is 9.20 Å². The first-order valence-corrected chi connectivity index (χ1v) is 5.30. The van der Waals surface area contributed by atoms with Crippen LogP contribution in [0.1, 0.15) is 5.82 Å². The van der Waals surface area contributed by atoms with Crippen LogP contribution in [-0.4, -0.2) is 20.5 Å². The van der Waals surface area contributed by atoms with Gasteiger partial charge in [0.05, 0.1) is 10.1 Å². The smallest absolute Gasteiger partial charge is 0.311 e. The van der Waals surface area contributed by atoms with E-state index in [2.05, 4.69) is 20.9 Å². The predicted molar refractivity (Wildman–Crippen MR) is 59.2 cm³/mol. The number of pyridine rings is 1. The van der Waals surface area contributed by atoms with E-state index in [4.69, 9.17) is 16.7 Å². The molecular weight excluding hydrogens is 283 g/mol. The third-order valence-electron chi connectivity index (χ3n) is 1.95. The maximum absolute atomic E-state index is 10.6. The molecule has 0 unspecified atom stereocenters. The molecule has 1 N–H and O–H groups in total. The molecule has 0 aromatic carbocycles. The first kappa shape index (κ1) is 10.4. The largest absolute Gasteiger partial charge is 0.481 e. The average molecular weight is 290 g/mol. The van der Waals surface area contributed by atoms with Crippen molar-refractivity contribution in [2.45, 2.75) is 6.42 Å². The van der Waals surface area contributed by atoms with E-state index in [-0.39, 0.29) is 6.42 Å². The van der Waals surface area contributed by atoms with Crippen molar-refractivity contribution < 1.29 is 9.90 Å². The lowest BCUT2D eigenvalue weighted by Gasteiger charge is -2.00. The Morgan fingerprint density at radius 1 is 1.60 bits per heavy atom. The molecule has 4 nitrogen and oxygen atoms in total. The number of rotatable bonds is 2. The third kappa shape index (κ3) is 1.85. The molecule has 0 bridgehead atoms. The van der Waals surface area contributed by atoms with Gasteiger partial charge in [0.2, 0.25) is 0 Å². The SMILES string of the molecule is O=C(O)Cc1nc(Cl)c2cccc(Br)n12. The van der Waals surface area contributed by atoms with Crippen LogP contribution in [0.3, 0.4) is 0 Å². The number of hydrogen-bond acceptors (Lipinski definition) is 2. The van der Waals surface area contributed by atoms with E-state index in [9.17, 15) is 4.79 Å². The molecule has 0 aliphatic heterocycles. The topological polar surface area (TPSA) is 54.6 Å². The summed E-state index contributed by atoms with van der Waals surface area (Å²) in [4.78, 5) is 14.6. The van der Waals surface area contributed by atoms with Crippen LogP contribution in [0.15, 0.2) is 22.8 Å². The molecular formula is C9H6BrClN2O2. The van der Waals surface area contributed by atoms with Crippen molar-refractivity contribution in [3.8, 4) is 0 Å². The van der Waals surface area contributed by atoms with Crippen LogP contribution in [0.2, 0.25) is 5.15 Å². The van der Waals surface area contributed by atoms with E-state index in [1.54, 1.807) is 16.5 Å². The summed E-state index contributed by atoms with van der Waals surface area (Å²) in [6.07, 6.45) is -0.156. The first-order valence-electron chi connectivity index (χ1n) is 4.12. The molecule has 2 heterocycles. The first-order chi connectivity index (χ1) is 7.09. The van der Waals surface area contributed by atoms with Crippen molar-refractivity contribution in [2.75, 3.05) is 0 Å². The van der Waals surface area contributed by atoms with Crippen molar-refractivity contribution in [1.82, 2.24) is 9.38 Å².